The highest BCUT2D eigenvalue weighted by molar-refractivity contribution is 5.76. The third-order valence-corrected chi connectivity index (χ3v) is 3.65. The van der Waals surface area contributed by atoms with E-state index in [-0.39, 0.29) is 5.95 Å². The minimum Gasteiger partial charge on any atom is -0.493 e. The lowest BCUT2D eigenvalue weighted by Crippen LogP contribution is -2.07. The van der Waals surface area contributed by atoms with Crippen molar-refractivity contribution in [2.75, 3.05) is 32.4 Å². The second-order valence-electron chi connectivity index (χ2n) is 5.30. The van der Waals surface area contributed by atoms with Crippen molar-refractivity contribution in [1.29, 1.82) is 0 Å². The van der Waals surface area contributed by atoms with Crippen LogP contribution in [0.3, 0.4) is 0 Å². The Kier molecular flexibility index (Phi) is 4.10. The smallest absolute Gasteiger partial charge is 0.222 e. The molecular formula is C16H20N4O3. The van der Waals surface area contributed by atoms with Crippen molar-refractivity contribution in [1.82, 2.24) is 9.97 Å². The number of ether oxygens (including phenoxy) is 3. The molecule has 0 atom stereocenters. The van der Waals surface area contributed by atoms with Gasteiger partial charge in [0.15, 0.2) is 11.5 Å². The van der Waals surface area contributed by atoms with E-state index in [1.54, 1.807) is 21.3 Å². The first-order valence-electron chi connectivity index (χ1n) is 7.36. The summed E-state index contributed by atoms with van der Waals surface area (Å²) >= 11 is 0. The lowest BCUT2D eigenvalue weighted by molar-refractivity contribution is 0.325. The molecule has 2 aromatic rings. The maximum Gasteiger partial charge on any atom is 0.222 e. The van der Waals surface area contributed by atoms with Gasteiger partial charge in [0.1, 0.15) is 5.82 Å². The van der Waals surface area contributed by atoms with Gasteiger partial charge in [-0.2, -0.15) is 4.98 Å². The van der Waals surface area contributed by atoms with Crippen molar-refractivity contribution in [2.24, 2.45) is 0 Å². The van der Waals surface area contributed by atoms with Crippen molar-refractivity contribution < 1.29 is 14.2 Å². The summed E-state index contributed by atoms with van der Waals surface area (Å²) < 4.78 is 16.2. The molecule has 3 rings (SSSR count). The van der Waals surface area contributed by atoms with Crippen molar-refractivity contribution >= 4 is 11.8 Å². The van der Waals surface area contributed by atoms with E-state index < -0.39 is 0 Å². The fraction of sp³-hybridized carbons (Fsp3) is 0.375. The van der Waals surface area contributed by atoms with E-state index in [1.807, 2.05) is 18.2 Å². The molecule has 1 heterocycles. The Morgan fingerprint density at radius 2 is 1.78 bits per heavy atom. The minimum atomic E-state index is 0.211. The maximum absolute atomic E-state index is 5.85. The van der Waals surface area contributed by atoms with E-state index in [2.05, 4.69) is 15.3 Å². The molecule has 0 radical (unpaired) electrons. The van der Waals surface area contributed by atoms with Gasteiger partial charge in [-0.1, -0.05) is 0 Å². The maximum atomic E-state index is 5.85. The zero-order valence-electron chi connectivity index (χ0n) is 13.4. The van der Waals surface area contributed by atoms with Gasteiger partial charge >= 0.3 is 0 Å². The molecule has 7 heteroatoms. The Morgan fingerprint density at radius 3 is 2.39 bits per heavy atom. The van der Waals surface area contributed by atoms with Gasteiger partial charge in [-0.25, -0.2) is 4.98 Å². The molecule has 1 saturated carbocycles. The van der Waals surface area contributed by atoms with Gasteiger partial charge < -0.3 is 25.3 Å². The summed E-state index contributed by atoms with van der Waals surface area (Å²) in [6, 6.07) is 6.01. The Morgan fingerprint density at radius 1 is 1.04 bits per heavy atom. The lowest BCUT2D eigenvalue weighted by atomic mass is 10.1. The summed E-state index contributed by atoms with van der Waals surface area (Å²) in [6.45, 7) is 0. The van der Waals surface area contributed by atoms with Crippen LogP contribution in [0, 0.1) is 0 Å². The largest absolute Gasteiger partial charge is 0.493 e. The number of hydrogen-bond acceptors (Lipinski definition) is 7. The molecule has 1 aromatic heterocycles. The molecule has 0 saturated heterocycles. The monoisotopic (exact) mass is 316 g/mol. The number of hydrogen-bond donors (Lipinski definition) is 2. The van der Waals surface area contributed by atoms with Crippen LogP contribution in [-0.4, -0.2) is 37.3 Å². The highest BCUT2D eigenvalue weighted by Crippen LogP contribution is 2.44. The summed E-state index contributed by atoms with van der Waals surface area (Å²) in [7, 11) is 4.73. The van der Waals surface area contributed by atoms with Crippen molar-refractivity contribution in [3.05, 3.63) is 18.2 Å². The summed E-state index contributed by atoms with van der Waals surface area (Å²) in [4.78, 5) is 8.55. The van der Waals surface area contributed by atoms with E-state index >= 15 is 0 Å². The zero-order chi connectivity index (χ0) is 16.4. The van der Waals surface area contributed by atoms with Crippen LogP contribution in [0.2, 0.25) is 0 Å². The second kappa shape index (κ2) is 6.20. The van der Waals surface area contributed by atoms with E-state index in [0.29, 0.717) is 34.8 Å². The fourth-order valence-electron chi connectivity index (χ4n) is 2.42. The molecule has 122 valence electrons. The standard InChI is InChI=1S/C16H20N4O3/c1-21-12-7-6-10(14(22-2)15(12)23-3)11-8-13(18-9-4-5-9)20-16(17)19-11/h6-9H,4-5H2,1-3H3,(H3,17,18,19,20). The molecule has 0 bridgehead atoms. The van der Waals surface area contributed by atoms with Gasteiger partial charge in [0.2, 0.25) is 11.7 Å². The molecule has 0 unspecified atom stereocenters. The molecule has 0 aliphatic heterocycles. The third-order valence-electron chi connectivity index (χ3n) is 3.65. The van der Waals surface area contributed by atoms with E-state index in [1.165, 1.54) is 0 Å². The molecule has 1 fully saturated rings. The highest BCUT2D eigenvalue weighted by atomic mass is 16.5. The van der Waals surface area contributed by atoms with Gasteiger partial charge in [-0.15, -0.1) is 0 Å². The number of nitrogens with two attached hydrogens (primary N) is 1. The van der Waals surface area contributed by atoms with Crippen LogP contribution in [-0.2, 0) is 0 Å². The van der Waals surface area contributed by atoms with E-state index in [4.69, 9.17) is 19.9 Å². The topological polar surface area (TPSA) is 91.5 Å². The van der Waals surface area contributed by atoms with Crippen LogP contribution in [0.1, 0.15) is 12.8 Å². The molecule has 0 spiro atoms. The number of nitrogen functional groups attached to an aromatic ring is 1. The van der Waals surface area contributed by atoms with Gasteiger partial charge in [-0.3, -0.25) is 0 Å². The number of aromatic nitrogens is 2. The number of benzene rings is 1. The Hall–Kier alpha value is -2.70. The minimum absolute atomic E-state index is 0.211. The van der Waals surface area contributed by atoms with E-state index in [9.17, 15) is 0 Å². The first-order valence-corrected chi connectivity index (χ1v) is 7.36. The van der Waals surface area contributed by atoms with E-state index in [0.717, 1.165) is 18.4 Å². The Bertz CT molecular complexity index is 717. The third kappa shape index (κ3) is 3.08. The average Bonchev–Trinajstić information content (AvgIpc) is 3.36. The summed E-state index contributed by atoms with van der Waals surface area (Å²) in [5.74, 6) is 2.57. The number of nitrogens with zero attached hydrogens (tertiary/aromatic N) is 2. The first kappa shape index (κ1) is 15.2. The predicted octanol–water partition coefficient (Wildman–Crippen LogP) is 2.33. The molecule has 1 aromatic carbocycles. The summed E-state index contributed by atoms with van der Waals surface area (Å²) in [5.41, 5.74) is 7.28. The van der Waals surface area contributed by atoms with Crippen LogP contribution in [0.25, 0.3) is 11.3 Å². The first-order chi connectivity index (χ1) is 11.2. The van der Waals surface area contributed by atoms with Crippen molar-refractivity contribution in [3.63, 3.8) is 0 Å². The summed E-state index contributed by atoms with van der Waals surface area (Å²) in [5, 5.41) is 3.33. The normalized spacial score (nSPS) is 13.5. The average molecular weight is 316 g/mol. The number of anilines is 2. The number of rotatable bonds is 6. The molecular weight excluding hydrogens is 296 g/mol. The van der Waals surface area contributed by atoms with Crippen LogP contribution in [0.15, 0.2) is 18.2 Å². The zero-order valence-corrected chi connectivity index (χ0v) is 13.4. The second-order valence-corrected chi connectivity index (χ2v) is 5.30. The van der Waals surface area contributed by atoms with Crippen LogP contribution >= 0.6 is 0 Å². The van der Waals surface area contributed by atoms with Gasteiger partial charge in [0.05, 0.1) is 27.0 Å². The molecule has 1 aliphatic rings. The Balaban J connectivity index is 2.08. The lowest BCUT2D eigenvalue weighted by Gasteiger charge is -2.16. The predicted molar refractivity (Wildman–Crippen MR) is 88.2 cm³/mol. The molecule has 1 aliphatic carbocycles. The SMILES string of the molecule is COc1ccc(-c2cc(NC3CC3)nc(N)n2)c(OC)c1OC. The van der Waals surface area contributed by atoms with Gasteiger partial charge in [0, 0.05) is 17.7 Å². The van der Waals surface area contributed by atoms with Gasteiger partial charge in [0.25, 0.3) is 0 Å². The highest BCUT2D eigenvalue weighted by Gasteiger charge is 2.23. The molecule has 3 N–H and O–H groups in total. The molecule has 23 heavy (non-hydrogen) atoms. The van der Waals surface area contributed by atoms with Crippen LogP contribution in [0.5, 0.6) is 17.2 Å². The quantitative estimate of drug-likeness (QED) is 0.845. The van der Waals surface area contributed by atoms with Crippen LogP contribution in [0.4, 0.5) is 11.8 Å². The Labute approximate surface area is 134 Å². The number of nitrogens with one attached hydrogen (secondary N) is 1. The van der Waals surface area contributed by atoms with Crippen molar-refractivity contribution in [2.45, 2.75) is 18.9 Å². The molecule has 0 amide bonds. The fourth-order valence-corrected chi connectivity index (χ4v) is 2.42. The van der Waals surface area contributed by atoms with Crippen molar-refractivity contribution in [3.8, 4) is 28.5 Å². The summed E-state index contributed by atoms with van der Waals surface area (Å²) in [6.07, 6.45) is 2.30. The van der Waals surface area contributed by atoms with Crippen LogP contribution < -0.4 is 25.3 Å². The van der Waals surface area contributed by atoms with Gasteiger partial charge in [-0.05, 0) is 25.0 Å². The number of methoxy groups -OCH3 is 3. The molecule has 7 nitrogen and oxygen atoms in total.